The number of aliphatic hydroxyl groups is 1. The number of nitrogens with one attached hydrogen (secondary N) is 1. The van der Waals surface area contributed by atoms with Gasteiger partial charge in [0.25, 0.3) is 5.91 Å². The molecule has 34 heavy (non-hydrogen) atoms. The number of benzene rings is 1. The van der Waals surface area contributed by atoms with Crippen molar-refractivity contribution in [2.75, 3.05) is 18.1 Å². The third-order valence-corrected chi connectivity index (χ3v) is 7.27. The summed E-state index contributed by atoms with van der Waals surface area (Å²) in [4.78, 5) is 54.2. The molecular weight excluding hydrogens is 484 g/mol. The van der Waals surface area contributed by atoms with Crippen LogP contribution in [0.2, 0.25) is 0 Å². The fourth-order valence-electron chi connectivity index (χ4n) is 3.60. The molecule has 1 aromatic heterocycles. The molecular formula is C21H20N4O7S2. The van der Waals surface area contributed by atoms with Gasteiger partial charge in [-0.2, -0.15) is 0 Å². The fourth-order valence-corrected chi connectivity index (χ4v) is 5.49. The van der Waals surface area contributed by atoms with E-state index in [1.54, 1.807) is 35.7 Å². The molecule has 13 heteroatoms. The Morgan fingerprint density at radius 1 is 1.29 bits per heavy atom. The van der Waals surface area contributed by atoms with Gasteiger partial charge in [-0.25, -0.2) is 14.6 Å². The minimum absolute atomic E-state index is 0.0541. The summed E-state index contributed by atoms with van der Waals surface area (Å²) in [5, 5.41) is 23.8. The van der Waals surface area contributed by atoms with Gasteiger partial charge < -0.3 is 26.0 Å². The second-order valence-electron chi connectivity index (χ2n) is 7.49. The van der Waals surface area contributed by atoms with Crippen LogP contribution in [0, 0.1) is 0 Å². The maximum Gasteiger partial charge on any atom is 0.352 e. The van der Waals surface area contributed by atoms with E-state index in [0.29, 0.717) is 16.4 Å². The number of ether oxygens (including phenoxy) is 1. The number of hydrogen-bond acceptors (Lipinski definition) is 10. The lowest BCUT2D eigenvalue weighted by Gasteiger charge is -2.49. The number of carbonyl (C=O) groups is 4. The monoisotopic (exact) mass is 504 g/mol. The van der Waals surface area contributed by atoms with Crippen LogP contribution in [0.5, 0.6) is 0 Å². The van der Waals surface area contributed by atoms with Gasteiger partial charge >= 0.3 is 11.9 Å². The first-order valence-corrected chi connectivity index (χ1v) is 12.0. The third-order valence-electron chi connectivity index (χ3n) is 5.20. The molecule has 0 aliphatic carbocycles. The molecule has 0 spiro atoms. The molecule has 3 atom stereocenters. The number of thiazole rings is 1. The number of carboxylic acid groups (broad SMARTS) is 1. The molecule has 2 aromatic rings. The van der Waals surface area contributed by atoms with Gasteiger partial charge in [-0.3, -0.25) is 14.5 Å². The Labute approximate surface area is 201 Å². The average Bonchev–Trinajstić information content (AvgIpc) is 3.24. The first-order chi connectivity index (χ1) is 16.3. The van der Waals surface area contributed by atoms with Crippen molar-refractivity contribution in [1.82, 2.24) is 15.2 Å². The molecule has 178 valence electrons. The van der Waals surface area contributed by atoms with Crippen LogP contribution in [0.15, 0.2) is 47.0 Å². The number of rotatable bonds is 8. The van der Waals surface area contributed by atoms with E-state index in [1.807, 2.05) is 0 Å². The zero-order valence-electron chi connectivity index (χ0n) is 17.5. The molecule has 1 fully saturated rings. The smallest absolute Gasteiger partial charge is 0.352 e. The molecule has 5 N–H and O–H groups in total. The Kier molecular flexibility index (Phi) is 6.86. The number of aromatic nitrogens is 1. The van der Waals surface area contributed by atoms with Crippen LogP contribution in [0.3, 0.4) is 0 Å². The number of esters is 1. The van der Waals surface area contributed by atoms with E-state index in [4.69, 9.17) is 10.5 Å². The van der Waals surface area contributed by atoms with Crippen molar-refractivity contribution >= 4 is 52.0 Å². The molecule has 4 rings (SSSR count). The summed E-state index contributed by atoms with van der Waals surface area (Å²) >= 11 is 2.44. The summed E-state index contributed by atoms with van der Waals surface area (Å²) in [6.45, 7) is -0.393. The summed E-state index contributed by atoms with van der Waals surface area (Å²) in [6, 6.07) is 7.29. The van der Waals surface area contributed by atoms with Gasteiger partial charge in [-0.05, 0) is 5.56 Å². The molecule has 0 saturated carbocycles. The van der Waals surface area contributed by atoms with Gasteiger partial charge in [0.15, 0.2) is 11.2 Å². The Balaban J connectivity index is 1.40. The number of nitrogens with zero attached hydrogens (tertiary/aromatic N) is 2. The number of aliphatic hydroxyl groups excluding tert-OH is 1. The van der Waals surface area contributed by atoms with Gasteiger partial charge in [0.2, 0.25) is 5.91 Å². The van der Waals surface area contributed by atoms with E-state index >= 15 is 0 Å². The molecule has 2 amide bonds. The number of carbonyl (C=O) groups excluding carboxylic acids is 3. The van der Waals surface area contributed by atoms with E-state index < -0.39 is 47.9 Å². The topological polar surface area (TPSA) is 172 Å². The number of nitrogen functional groups attached to an aromatic ring is 1. The molecule has 1 aromatic carbocycles. The van der Waals surface area contributed by atoms with E-state index in [0.717, 1.165) is 4.90 Å². The lowest BCUT2D eigenvalue weighted by molar-refractivity contribution is -0.153. The molecule has 0 bridgehead atoms. The first kappa shape index (κ1) is 23.7. The quantitative estimate of drug-likeness (QED) is 0.289. The van der Waals surface area contributed by atoms with E-state index in [-0.39, 0.29) is 23.4 Å². The largest absolute Gasteiger partial charge is 0.477 e. The fraction of sp³-hybridized carbons (Fsp3) is 0.286. The van der Waals surface area contributed by atoms with Gasteiger partial charge in [-0.1, -0.05) is 30.3 Å². The number of amides is 2. The summed E-state index contributed by atoms with van der Waals surface area (Å²) in [5.74, 6) is -3.12. The maximum atomic E-state index is 12.7. The third kappa shape index (κ3) is 4.76. The van der Waals surface area contributed by atoms with Crippen LogP contribution in [-0.2, 0) is 30.3 Å². The zero-order valence-corrected chi connectivity index (χ0v) is 19.2. The van der Waals surface area contributed by atoms with Crippen LogP contribution in [-0.4, -0.2) is 67.6 Å². The minimum atomic E-state index is -1.52. The highest BCUT2D eigenvalue weighted by Crippen LogP contribution is 2.40. The van der Waals surface area contributed by atoms with E-state index in [2.05, 4.69) is 10.3 Å². The molecule has 2 aliphatic heterocycles. The lowest BCUT2D eigenvalue weighted by Crippen LogP contribution is -2.70. The highest BCUT2D eigenvalue weighted by Gasteiger charge is 2.54. The summed E-state index contributed by atoms with van der Waals surface area (Å²) < 4.78 is 5.13. The first-order valence-electron chi connectivity index (χ1n) is 10.0. The van der Waals surface area contributed by atoms with Gasteiger partial charge in [0, 0.05) is 16.7 Å². The number of fused-ring (bicyclic) bond motifs is 1. The average molecular weight is 505 g/mol. The van der Waals surface area contributed by atoms with Gasteiger partial charge in [0.1, 0.15) is 23.7 Å². The summed E-state index contributed by atoms with van der Waals surface area (Å²) in [6.07, 6.45) is -1.57. The number of hydrogen-bond donors (Lipinski definition) is 4. The molecule has 1 unspecified atom stereocenters. The van der Waals surface area contributed by atoms with Crippen LogP contribution < -0.4 is 11.1 Å². The molecule has 3 heterocycles. The zero-order chi connectivity index (χ0) is 24.4. The Hall–Kier alpha value is -3.42. The van der Waals surface area contributed by atoms with Crippen molar-refractivity contribution in [3.63, 3.8) is 0 Å². The summed E-state index contributed by atoms with van der Waals surface area (Å²) in [7, 11) is 0. The van der Waals surface area contributed by atoms with Crippen LogP contribution in [0.1, 0.15) is 17.4 Å². The second-order valence-corrected chi connectivity index (χ2v) is 9.48. The molecule has 2 aliphatic rings. The number of aliphatic carboxylic acids is 1. The van der Waals surface area contributed by atoms with Crippen molar-refractivity contribution in [2.24, 2.45) is 0 Å². The van der Waals surface area contributed by atoms with Gasteiger partial charge in [0.05, 0.1) is 12.1 Å². The predicted molar refractivity (Wildman–Crippen MR) is 122 cm³/mol. The van der Waals surface area contributed by atoms with Crippen molar-refractivity contribution in [2.45, 2.75) is 23.9 Å². The second kappa shape index (κ2) is 9.83. The van der Waals surface area contributed by atoms with Crippen LogP contribution >= 0.6 is 23.1 Å². The van der Waals surface area contributed by atoms with Crippen LogP contribution in [0.25, 0.3) is 0 Å². The number of anilines is 1. The molecule has 1 saturated heterocycles. The van der Waals surface area contributed by atoms with Crippen molar-refractivity contribution in [1.29, 1.82) is 0 Å². The summed E-state index contributed by atoms with van der Waals surface area (Å²) in [5.41, 5.74) is 6.31. The normalized spacial score (nSPS) is 20.3. The van der Waals surface area contributed by atoms with Crippen LogP contribution in [0.4, 0.5) is 5.13 Å². The Bertz CT molecular complexity index is 1170. The van der Waals surface area contributed by atoms with Crippen molar-refractivity contribution in [3.05, 3.63) is 58.2 Å². The Morgan fingerprint density at radius 2 is 2.03 bits per heavy atom. The highest BCUT2D eigenvalue weighted by molar-refractivity contribution is 8.00. The number of carboxylic acids is 1. The predicted octanol–water partition coefficient (Wildman–Crippen LogP) is 0.283. The number of β-lactam (4-membered cyclic amide) rings is 1. The lowest BCUT2D eigenvalue weighted by atomic mass is 10.0. The maximum absolute atomic E-state index is 12.7. The van der Waals surface area contributed by atoms with Gasteiger partial charge in [-0.15, -0.1) is 23.1 Å². The minimum Gasteiger partial charge on any atom is -0.477 e. The number of nitrogens with two attached hydrogens (primary N) is 1. The SMILES string of the molecule is Nc1nc(CC(=O)N[C@@H]2C(=O)N3C(C(=O)O)=C(COC(=O)C(O)c4ccccc4)CS[C@H]23)cs1. The number of thioether (sulfide) groups is 1. The highest BCUT2D eigenvalue weighted by atomic mass is 32.2. The van der Waals surface area contributed by atoms with E-state index in [1.165, 1.54) is 23.1 Å². The molecule has 11 nitrogen and oxygen atoms in total. The molecule has 0 radical (unpaired) electrons. The Morgan fingerprint density at radius 3 is 2.68 bits per heavy atom. The van der Waals surface area contributed by atoms with E-state index in [9.17, 15) is 29.4 Å². The van der Waals surface area contributed by atoms with Crippen molar-refractivity contribution < 1.29 is 34.1 Å². The van der Waals surface area contributed by atoms with Crippen molar-refractivity contribution in [3.8, 4) is 0 Å². The standard InChI is InChI=1S/C21H20N4O7S2/c22-21-23-12(9-34-21)6-13(26)24-14-17(28)25-15(19(29)30)11(8-33-18(14)25)7-32-20(31)16(27)10-4-2-1-3-5-10/h1-5,9,14,16,18,27H,6-8H2,(H2,22,23)(H,24,26)(H,29,30)/t14-,16?,18-/m1/s1.